The monoisotopic (exact) mass is 226 g/mol. The van der Waals surface area contributed by atoms with Gasteiger partial charge < -0.3 is 10.6 Å². The number of rotatable bonds is 3. The van der Waals surface area contributed by atoms with Crippen molar-refractivity contribution < 1.29 is 0 Å². The third-order valence-corrected chi connectivity index (χ3v) is 3.67. The number of aromatic nitrogens is 1. The van der Waals surface area contributed by atoms with E-state index in [0.29, 0.717) is 6.04 Å². The molecule has 15 heavy (non-hydrogen) atoms. The van der Waals surface area contributed by atoms with Crippen molar-refractivity contribution in [2.75, 3.05) is 33.2 Å². The number of hydrogen-bond donors (Lipinski definition) is 1. The van der Waals surface area contributed by atoms with Gasteiger partial charge in [-0.25, -0.2) is 4.98 Å². The van der Waals surface area contributed by atoms with Gasteiger partial charge >= 0.3 is 0 Å². The van der Waals surface area contributed by atoms with Gasteiger partial charge in [-0.2, -0.15) is 0 Å². The van der Waals surface area contributed by atoms with Crippen LogP contribution in [0.2, 0.25) is 0 Å². The van der Waals surface area contributed by atoms with Crippen LogP contribution in [-0.4, -0.2) is 54.1 Å². The second kappa shape index (κ2) is 5.03. The number of nitrogens with zero attached hydrogens (tertiary/aromatic N) is 3. The van der Waals surface area contributed by atoms with Crippen LogP contribution in [0, 0.1) is 0 Å². The molecule has 2 rings (SSSR count). The van der Waals surface area contributed by atoms with Gasteiger partial charge in [0.1, 0.15) is 5.01 Å². The summed E-state index contributed by atoms with van der Waals surface area (Å²) in [7, 11) is 2.16. The second-order valence-corrected chi connectivity index (χ2v) is 5.03. The zero-order valence-electron chi connectivity index (χ0n) is 9.09. The number of piperazine rings is 1. The summed E-state index contributed by atoms with van der Waals surface area (Å²) in [6.07, 6.45) is 1.87. The first-order chi connectivity index (χ1) is 7.29. The van der Waals surface area contributed by atoms with Crippen LogP contribution in [0.3, 0.4) is 0 Å². The molecule has 1 aliphatic rings. The lowest BCUT2D eigenvalue weighted by Gasteiger charge is -2.39. The molecule has 0 aliphatic carbocycles. The molecular formula is C10H18N4S. The van der Waals surface area contributed by atoms with E-state index in [1.807, 2.05) is 11.6 Å². The lowest BCUT2D eigenvalue weighted by molar-refractivity contribution is 0.0880. The standard InChI is InChI=1S/C10H18N4S/c1-13-3-4-14(9(6-11)7-13)8-10-12-2-5-15-10/h2,5,9H,3-4,6-8,11H2,1H3. The smallest absolute Gasteiger partial charge is 0.107 e. The first-order valence-electron chi connectivity index (χ1n) is 5.30. The lowest BCUT2D eigenvalue weighted by Crippen LogP contribution is -2.54. The van der Waals surface area contributed by atoms with Crippen LogP contribution >= 0.6 is 11.3 Å². The van der Waals surface area contributed by atoms with Gasteiger partial charge in [-0.15, -0.1) is 11.3 Å². The maximum Gasteiger partial charge on any atom is 0.107 e. The molecular weight excluding hydrogens is 208 g/mol. The summed E-state index contributed by atoms with van der Waals surface area (Å²) in [5.41, 5.74) is 5.80. The molecule has 2 heterocycles. The van der Waals surface area contributed by atoms with E-state index < -0.39 is 0 Å². The molecule has 0 aromatic carbocycles. The first kappa shape index (κ1) is 11.0. The summed E-state index contributed by atoms with van der Waals surface area (Å²) >= 11 is 1.72. The topological polar surface area (TPSA) is 45.4 Å². The molecule has 0 bridgehead atoms. The van der Waals surface area contributed by atoms with Gasteiger partial charge in [0.05, 0.1) is 6.54 Å². The molecule has 1 aromatic heterocycles. The lowest BCUT2D eigenvalue weighted by atomic mass is 10.2. The molecule has 0 spiro atoms. The highest BCUT2D eigenvalue weighted by Gasteiger charge is 2.24. The molecule has 1 aromatic rings. The molecule has 1 unspecified atom stereocenters. The van der Waals surface area contributed by atoms with Crippen LogP contribution < -0.4 is 5.73 Å². The fraction of sp³-hybridized carbons (Fsp3) is 0.700. The normalized spacial score (nSPS) is 24.5. The number of thiazole rings is 1. The average molecular weight is 226 g/mol. The highest BCUT2D eigenvalue weighted by Crippen LogP contribution is 2.14. The van der Waals surface area contributed by atoms with Crippen molar-refractivity contribution in [3.05, 3.63) is 16.6 Å². The SMILES string of the molecule is CN1CCN(Cc2nccs2)C(CN)C1. The van der Waals surface area contributed by atoms with Gasteiger partial charge in [0.25, 0.3) is 0 Å². The zero-order valence-corrected chi connectivity index (χ0v) is 9.91. The Labute approximate surface area is 94.7 Å². The summed E-state index contributed by atoms with van der Waals surface area (Å²) < 4.78 is 0. The van der Waals surface area contributed by atoms with Gasteiger partial charge in [-0.1, -0.05) is 0 Å². The molecule has 0 amide bonds. The van der Waals surface area contributed by atoms with Crippen LogP contribution in [0.1, 0.15) is 5.01 Å². The predicted molar refractivity (Wildman–Crippen MR) is 62.9 cm³/mol. The van der Waals surface area contributed by atoms with Crippen molar-refractivity contribution in [2.45, 2.75) is 12.6 Å². The molecule has 4 nitrogen and oxygen atoms in total. The Morgan fingerprint density at radius 1 is 1.60 bits per heavy atom. The minimum Gasteiger partial charge on any atom is -0.329 e. The molecule has 0 radical (unpaired) electrons. The first-order valence-corrected chi connectivity index (χ1v) is 6.18. The van der Waals surface area contributed by atoms with Crippen molar-refractivity contribution in [3.8, 4) is 0 Å². The predicted octanol–water partition coefficient (Wildman–Crippen LogP) is 0.218. The van der Waals surface area contributed by atoms with Crippen molar-refractivity contribution in [2.24, 2.45) is 5.73 Å². The Bertz CT molecular complexity index is 288. The fourth-order valence-electron chi connectivity index (χ4n) is 1.98. The Hall–Kier alpha value is -0.490. The Kier molecular flexibility index (Phi) is 3.69. The molecule has 5 heteroatoms. The maximum atomic E-state index is 5.80. The molecule has 2 N–H and O–H groups in total. The zero-order chi connectivity index (χ0) is 10.7. The quantitative estimate of drug-likeness (QED) is 0.801. The Morgan fingerprint density at radius 2 is 2.47 bits per heavy atom. The highest BCUT2D eigenvalue weighted by atomic mass is 32.1. The Balaban J connectivity index is 1.95. The molecule has 1 saturated heterocycles. The van der Waals surface area contributed by atoms with Gasteiger partial charge in [0, 0.05) is 43.8 Å². The number of hydrogen-bond acceptors (Lipinski definition) is 5. The number of nitrogens with two attached hydrogens (primary N) is 1. The largest absolute Gasteiger partial charge is 0.329 e. The molecule has 1 fully saturated rings. The summed E-state index contributed by atoms with van der Waals surface area (Å²) in [6, 6.07) is 0.479. The van der Waals surface area contributed by atoms with Gasteiger partial charge in [0.2, 0.25) is 0 Å². The molecule has 1 aliphatic heterocycles. The maximum absolute atomic E-state index is 5.80. The van der Waals surface area contributed by atoms with Crippen LogP contribution in [0.4, 0.5) is 0 Å². The van der Waals surface area contributed by atoms with E-state index in [1.54, 1.807) is 11.3 Å². The van der Waals surface area contributed by atoms with Crippen molar-refractivity contribution >= 4 is 11.3 Å². The highest BCUT2D eigenvalue weighted by molar-refractivity contribution is 7.09. The van der Waals surface area contributed by atoms with E-state index in [0.717, 1.165) is 32.7 Å². The average Bonchev–Trinajstić information content (AvgIpc) is 2.73. The molecule has 0 saturated carbocycles. The van der Waals surface area contributed by atoms with Gasteiger partial charge in [-0.3, -0.25) is 4.90 Å². The summed E-state index contributed by atoms with van der Waals surface area (Å²) in [5, 5.41) is 3.22. The summed E-state index contributed by atoms with van der Waals surface area (Å²) in [5.74, 6) is 0. The van der Waals surface area contributed by atoms with Crippen LogP contribution in [0.15, 0.2) is 11.6 Å². The summed E-state index contributed by atoms with van der Waals surface area (Å²) in [4.78, 5) is 9.11. The molecule has 1 atom stereocenters. The van der Waals surface area contributed by atoms with Gasteiger partial charge in [0.15, 0.2) is 0 Å². The van der Waals surface area contributed by atoms with Gasteiger partial charge in [-0.05, 0) is 7.05 Å². The second-order valence-electron chi connectivity index (χ2n) is 4.05. The van der Waals surface area contributed by atoms with Crippen molar-refractivity contribution in [1.82, 2.24) is 14.8 Å². The van der Waals surface area contributed by atoms with E-state index in [-0.39, 0.29) is 0 Å². The van der Waals surface area contributed by atoms with E-state index in [1.165, 1.54) is 5.01 Å². The van der Waals surface area contributed by atoms with E-state index in [2.05, 4.69) is 21.8 Å². The van der Waals surface area contributed by atoms with Crippen LogP contribution in [0.5, 0.6) is 0 Å². The third-order valence-electron chi connectivity index (χ3n) is 2.90. The van der Waals surface area contributed by atoms with Crippen molar-refractivity contribution in [3.63, 3.8) is 0 Å². The summed E-state index contributed by atoms with van der Waals surface area (Å²) in [6.45, 7) is 4.98. The molecule has 84 valence electrons. The number of likely N-dealkylation sites (N-methyl/N-ethyl adjacent to an activating group) is 1. The van der Waals surface area contributed by atoms with E-state index in [9.17, 15) is 0 Å². The van der Waals surface area contributed by atoms with Crippen molar-refractivity contribution in [1.29, 1.82) is 0 Å². The van der Waals surface area contributed by atoms with Crippen LogP contribution in [-0.2, 0) is 6.54 Å². The minimum atomic E-state index is 0.479. The van der Waals surface area contributed by atoms with E-state index >= 15 is 0 Å². The Morgan fingerprint density at radius 3 is 3.13 bits per heavy atom. The van der Waals surface area contributed by atoms with Crippen LogP contribution in [0.25, 0.3) is 0 Å². The third kappa shape index (κ3) is 2.75. The fourth-order valence-corrected chi connectivity index (χ4v) is 2.63. The minimum absolute atomic E-state index is 0.479. The van der Waals surface area contributed by atoms with E-state index in [4.69, 9.17) is 5.73 Å².